The van der Waals surface area contributed by atoms with E-state index < -0.39 is 0 Å². The van der Waals surface area contributed by atoms with E-state index in [9.17, 15) is 4.79 Å². The Morgan fingerprint density at radius 1 is 1.28 bits per heavy atom. The number of fused-ring (bicyclic) bond motifs is 4. The summed E-state index contributed by atoms with van der Waals surface area (Å²) >= 11 is 0. The Kier molecular flexibility index (Phi) is 4.67. The molecule has 152 valence electrons. The summed E-state index contributed by atoms with van der Waals surface area (Å²) in [6, 6.07) is 4.48. The lowest BCUT2D eigenvalue weighted by Gasteiger charge is -2.46. The van der Waals surface area contributed by atoms with E-state index in [-0.39, 0.29) is 12.1 Å². The molecule has 29 heavy (non-hydrogen) atoms. The van der Waals surface area contributed by atoms with Gasteiger partial charge in [0.15, 0.2) is 11.6 Å². The third-order valence-electron chi connectivity index (χ3n) is 5.98. The number of anilines is 4. The van der Waals surface area contributed by atoms with Gasteiger partial charge in [0.2, 0.25) is 0 Å². The SMILES string of the molecule is C[C@H]1CNCCN1c1ccc2c(n1)N(C(=O)Nc1cnccn1)[C@H]1CCCN2C1. The Morgan fingerprint density at radius 3 is 3.03 bits per heavy atom. The highest BCUT2D eigenvalue weighted by molar-refractivity contribution is 6.04. The largest absolute Gasteiger partial charge is 0.366 e. The van der Waals surface area contributed by atoms with E-state index in [1.165, 1.54) is 0 Å². The van der Waals surface area contributed by atoms with E-state index in [0.29, 0.717) is 11.9 Å². The third-order valence-corrected chi connectivity index (χ3v) is 5.98. The lowest BCUT2D eigenvalue weighted by molar-refractivity contribution is 0.252. The minimum absolute atomic E-state index is 0.108. The standard InChI is InChI=1S/C20H26N8O/c1-14-11-22-8-10-27(14)18-5-4-16-19(25-18)28(15-3-2-9-26(16)13-15)20(29)24-17-12-21-6-7-23-17/h4-7,12,14-15,22H,2-3,8-11,13H2,1H3,(H,23,24,29)/t14-,15-/m0/s1. The fourth-order valence-corrected chi connectivity index (χ4v) is 4.55. The van der Waals surface area contributed by atoms with Crippen molar-refractivity contribution in [3.8, 4) is 0 Å². The number of carbonyl (C=O) groups is 1. The maximum absolute atomic E-state index is 13.2. The topological polar surface area (TPSA) is 89.5 Å². The number of rotatable bonds is 2. The quantitative estimate of drug-likeness (QED) is 0.801. The summed E-state index contributed by atoms with van der Waals surface area (Å²) in [5.41, 5.74) is 1.03. The molecule has 5 rings (SSSR count). The van der Waals surface area contributed by atoms with Crippen LogP contribution >= 0.6 is 0 Å². The van der Waals surface area contributed by atoms with Gasteiger partial charge in [-0.05, 0) is 31.9 Å². The number of urea groups is 1. The number of nitrogens with one attached hydrogen (secondary N) is 2. The monoisotopic (exact) mass is 394 g/mol. The van der Waals surface area contributed by atoms with Crippen molar-refractivity contribution in [1.82, 2.24) is 20.3 Å². The van der Waals surface area contributed by atoms with Crippen LogP contribution in [0, 0.1) is 0 Å². The summed E-state index contributed by atoms with van der Waals surface area (Å²) in [4.78, 5) is 33.0. The number of pyridine rings is 1. The Hall–Kier alpha value is -2.94. The Labute approximate surface area is 170 Å². The molecule has 0 radical (unpaired) electrons. The van der Waals surface area contributed by atoms with Crippen LogP contribution in [0.2, 0.25) is 0 Å². The van der Waals surface area contributed by atoms with Crippen LogP contribution in [0.25, 0.3) is 0 Å². The maximum atomic E-state index is 13.2. The first-order chi connectivity index (χ1) is 14.2. The molecule has 2 aromatic heterocycles. The minimum Gasteiger partial charge on any atom is -0.366 e. The van der Waals surface area contributed by atoms with Crippen LogP contribution in [-0.2, 0) is 0 Å². The number of nitrogens with zero attached hydrogens (tertiary/aromatic N) is 6. The number of amides is 2. The number of carbonyl (C=O) groups excluding carboxylic acids is 1. The molecule has 3 aliphatic rings. The number of hydrogen-bond acceptors (Lipinski definition) is 7. The summed E-state index contributed by atoms with van der Waals surface area (Å²) in [6.45, 7) is 6.83. The van der Waals surface area contributed by atoms with E-state index in [1.807, 2.05) is 4.90 Å². The van der Waals surface area contributed by atoms with Crippen molar-refractivity contribution in [3.05, 3.63) is 30.7 Å². The molecule has 2 atom stereocenters. The van der Waals surface area contributed by atoms with E-state index in [2.05, 4.69) is 49.5 Å². The molecule has 2 amide bonds. The van der Waals surface area contributed by atoms with Gasteiger partial charge in [-0.3, -0.25) is 15.2 Å². The first-order valence-electron chi connectivity index (χ1n) is 10.3. The maximum Gasteiger partial charge on any atom is 0.329 e. The molecule has 3 aliphatic heterocycles. The average molecular weight is 394 g/mol. The van der Waals surface area contributed by atoms with Crippen molar-refractivity contribution in [1.29, 1.82) is 0 Å². The summed E-state index contributed by atoms with van der Waals surface area (Å²) in [6.07, 6.45) is 6.76. The van der Waals surface area contributed by atoms with Gasteiger partial charge in [-0.1, -0.05) is 0 Å². The number of aromatic nitrogens is 3. The van der Waals surface area contributed by atoms with Gasteiger partial charge in [-0.2, -0.15) is 0 Å². The fraction of sp³-hybridized carbons (Fsp3) is 0.500. The zero-order valence-electron chi connectivity index (χ0n) is 16.6. The zero-order valence-corrected chi connectivity index (χ0v) is 16.6. The van der Waals surface area contributed by atoms with Crippen molar-refractivity contribution in [2.45, 2.75) is 31.8 Å². The highest BCUT2D eigenvalue weighted by atomic mass is 16.2. The number of piperazine rings is 1. The fourth-order valence-electron chi connectivity index (χ4n) is 4.55. The second-order valence-electron chi connectivity index (χ2n) is 7.89. The van der Waals surface area contributed by atoms with Gasteiger partial charge in [0, 0.05) is 51.2 Å². The normalized spacial score (nSPS) is 23.6. The summed E-state index contributed by atoms with van der Waals surface area (Å²) in [7, 11) is 0. The van der Waals surface area contributed by atoms with E-state index in [0.717, 1.165) is 62.9 Å². The van der Waals surface area contributed by atoms with Crippen LogP contribution in [0.1, 0.15) is 19.8 Å². The Balaban J connectivity index is 1.51. The number of hydrogen-bond donors (Lipinski definition) is 2. The average Bonchev–Trinajstić information content (AvgIpc) is 2.75. The van der Waals surface area contributed by atoms with Crippen molar-refractivity contribution < 1.29 is 4.79 Å². The lowest BCUT2D eigenvalue weighted by Crippen LogP contribution is -2.56. The molecule has 5 heterocycles. The molecule has 0 saturated carbocycles. The summed E-state index contributed by atoms with van der Waals surface area (Å²) in [5, 5.41) is 6.31. The third kappa shape index (κ3) is 3.35. The molecule has 0 aliphatic carbocycles. The van der Waals surface area contributed by atoms with Crippen LogP contribution in [-0.4, -0.2) is 65.8 Å². The second kappa shape index (κ2) is 7.47. The van der Waals surface area contributed by atoms with Crippen molar-refractivity contribution in [2.75, 3.05) is 52.7 Å². The smallest absolute Gasteiger partial charge is 0.329 e. The van der Waals surface area contributed by atoms with Crippen LogP contribution in [0.5, 0.6) is 0 Å². The van der Waals surface area contributed by atoms with Crippen molar-refractivity contribution >= 4 is 29.2 Å². The molecule has 2 fully saturated rings. The predicted octanol–water partition coefficient (Wildman–Crippen LogP) is 1.69. The molecule has 2 N–H and O–H groups in total. The van der Waals surface area contributed by atoms with Crippen LogP contribution < -0.4 is 25.3 Å². The van der Waals surface area contributed by atoms with Crippen LogP contribution in [0.4, 0.5) is 27.9 Å². The second-order valence-corrected chi connectivity index (χ2v) is 7.89. The predicted molar refractivity (Wildman–Crippen MR) is 113 cm³/mol. The first-order valence-corrected chi connectivity index (χ1v) is 10.3. The molecule has 0 aromatic carbocycles. The van der Waals surface area contributed by atoms with Gasteiger partial charge in [0.1, 0.15) is 5.82 Å². The van der Waals surface area contributed by atoms with Gasteiger partial charge in [-0.25, -0.2) is 14.8 Å². The summed E-state index contributed by atoms with van der Waals surface area (Å²) in [5.74, 6) is 2.12. The van der Waals surface area contributed by atoms with Gasteiger partial charge in [-0.15, -0.1) is 0 Å². The number of piperidine rings is 1. The van der Waals surface area contributed by atoms with Crippen molar-refractivity contribution in [2.24, 2.45) is 0 Å². The molecule has 2 saturated heterocycles. The molecule has 0 unspecified atom stereocenters. The highest BCUT2D eigenvalue weighted by Crippen LogP contribution is 2.39. The molecular formula is C20H26N8O. The van der Waals surface area contributed by atoms with E-state index in [4.69, 9.17) is 4.98 Å². The van der Waals surface area contributed by atoms with Gasteiger partial charge in [0.25, 0.3) is 0 Å². The summed E-state index contributed by atoms with van der Waals surface area (Å²) < 4.78 is 0. The van der Waals surface area contributed by atoms with E-state index in [1.54, 1.807) is 18.6 Å². The molecule has 2 aromatic rings. The van der Waals surface area contributed by atoms with Gasteiger partial charge in [0.05, 0.1) is 17.9 Å². The minimum atomic E-state index is -0.198. The van der Waals surface area contributed by atoms with Crippen molar-refractivity contribution in [3.63, 3.8) is 0 Å². The van der Waals surface area contributed by atoms with Crippen LogP contribution in [0.15, 0.2) is 30.7 Å². The molecule has 2 bridgehead atoms. The molecular weight excluding hydrogens is 368 g/mol. The van der Waals surface area contributed by atoms with Gasteiger partial charge >= 0.3 is 6.03 Å². The Morgan fingerprint density at radius 2 is 2.21 bits per heavy atom. The molecule has 9 nitrogen and oxygen atoms in total. The molecule has 0 spiro atoms. The molecule has 9 heteroatoms. The van der Waals surface area contributed by atoms with Gasteiger partial charge < -0.3 is 15.1 Å². The zero-order chi connectivity index (χ0) is 19.8. The lowest BCUT2D eigenvalue weighted by atomic mass is 10.00. The van der Waals surface area contributed by atoms with E-state index >= 15 is 0 Å². The highest BCUT2D eigenvalue weighted by Gasteiger charge is 2.39. The first kappa shape index (κ1) is 18.1. The van der Waals surface area contributed by atoms with Crippen LogP contribution in [0.3, 0.4) is 0 Å². The Bertz CT molecular complexity index is 891.